The summed E-state index contributed by atoms with van der Waals surface area (Å²) in [5, 5.41) is 0. The fourth-order valence-electron chi connectivity index (χ4n) is 2.34. The summed E-state index contributed by atoms with van der Waals surface area (Å²) >= 11 is 0. The van der Waals surface area contributed by atoms with E-state index >= 15 is 0 Å². The maximum absolute atomic E-state index is 2.60. The fourth-order valence-corrected chi connectivity index (χ4v) is 2.34. The molecule has 2 heterocycles. The first-order valence-corrected chi connectivity index (χ1v) is 4.25. The summed E-state index contributed by atoms with van der Waals surface area (Å²) in [5.74, 6) is 0. The second kappa shape index (κ2) is 2.21. The third-order valence-corrected chi connectivity index (χ3v) is 3.03. The Hall–Kier alpha value is -0.0800. The molecule has 0 aromatic carbocycles. The Kier molecular flexibility index (Phi) is 1.46. The van der Waals surface area contributed by atoms with Crippen LogP contribution in [-0.4, -0.2) is 48.6 Å². The minimum atomic E-state index is 0.880. The van der Waals surface area contributed by atoms with Gasteiger partial charge >= 0.3 is 0 Å². The number of likely N-dealkylation sites (tertiary alicyclic amines) is 2. The van der Waals surface area contributed by atoms with Gasteiger partial charge in [-0.05, 0) is 20.0 Å². The standard InChI is InChI=1S/C8H16N2/c1-3-10-6-7-4-8(10)5-9(7)2/h7-8H,3-6H2,1-2H3. The van der Waals surface area contributed by atoms with Crippen LogP contribution in [0, 0.1) is 0 Å². The number of fused-ring (bicyclic) bond motifs is 2. The Bertz CT molecular complexity index is 133. The second-order valence-corrected chi connectivity index (χ2v) is 3.57. The summed E-state index contributed by atoms with van der Waals surface area (Å²) in [7, 11) is 2.25. The Balaban J connectivity index is 2.02. The van der Waals surface area contributed by atoms with Gasteiger partial charge in [0.1, 0.15) is 0 Å². The van der Waals surface area contributed by atoms with E-state index in [1.54, 1.807) is 0 Å². The Morgan fingerprint density at radius 1 is 1.30 bits per heavy atom. The van der Waals surface area contributed by atoms with Crippen LogP contribution in [0.25, 0.3) is 0 Å². The monoisotopic (exact) mass is 140 g/mol. The SMILES string of the molecule is CCN1CC2CC1CN2C. The minimum Gasteiger partial charge on any atom is -0.301 e. The summed E-state index contributed by atoms with van der Waals surface area (Å²) in [6.45, 7) is 6.13. The second-order valence-electron chi connectivity index (χ2n) is 3.57. The highest BCUT2D eigenvalue weighted by molar-refractivity contribution is 4.97. The fraction of sp³-hybridized carbons (Fsp3) is 1.00. The molecular formula is C8H16N2. The molecule has 2 rings (SSSR count). The van der Waals surface area contributed by atoms with Gasteiger partial charge in [0.05, 0.1) is 0 Å². The lowest BCUT2D eigenvalue weighted by Gasteiger charge is -2.30. The number of rotatable bonds is 1. The van der Waals surface area contributed by atoms with Crippen LogP contribution < -0.4 is 0 Å². The summed E-state index contributed by atoms with van der Waals surface area (Å²) in [4.78, 5) is 5.10. The first-order chi connectivity index (χ1) is 4.81. The van der Waals surface area contributed by atoms with E-state index in [9.17, 15) is 0 Å². The number of hydrogen-bond acceptors (Lipinski definition) is 2. The topological polar surface area (TPSA) is 6.48 Å². The lowest BCUT2D eigenvalue weighted by molar-refractivity contribution is 0.155. The zero-order chi connectivity index (χ0) is 7.14. The van der Waals surface area contributed by atoms with Crippen molar-refractivity contribution in [2.45, 2.75) is 25.4 Å². The lowest BCUT2D eigenvalue weighted by atomic mass is 10.2. The van der Waals surface area contributed by atoms with E-state index in [1.165, 1.54) is 26.1 Å². The van der Waals surface area contributed by atoms with Crippen molar-refractivity contribution in [3.05, 3.63) is 0 Å². The van der Waals surface area contributed by atoms with Crippen LogP contribution in [0.2, 0.25) is 0 Å². The van der Waals surface area contributed by atoms with Gasteiger partial charge in [0.25, 0.3) is 0 Å². The van der Waals surface area contributed by atoms with Crippen molar-refractivity contribution < 1.29 is 0 Å². The van der Waals surface area contributed by atoms with E-state index in [0.717, 1.165) is 12.1 Å². The highest BCUT2D eigenvalue weighted by Gasteiger charge is 2.40. The first kappa shape index (κ1) is 6.62. The third-order valence-electron chi connectivity index (χ3n) is 3.03. The van der Waals surface area contributed by atoms with Gasteiger partial charge in [-0.3, -0.25) is 4.90 Å². The maximum Gasteiger partial charge on any atom is 0.0239 e. The molecule has 2 saturated heterocycles. The zero-order valence-electron chi connectivity index (χ0n) is 6.88. The van der Waals surface area contributed by atoms with Gasteiger partial charge < -0.3 is 4.90 Å². The molecule has 2 aliphatic heterocycles. The van der Waals surface area contributed by atoms with E-state index < -0.39 is 0 Å². The number of nitrogens with zero attached hydrogens (tertiary/aromatic N) is 2. The summed E-state index contributed by atoms with van der Waals surface area (Å²) in [6, 6.07) is 1.77. The van der Waals surface area contributed by atoms with E-state index in [2.05, 4.69) is 23.8 Å². The molecule has 2 fully saturated rings. The first-order valence-electron chi connectivity index (χ1n) is 4.25. The highest BCUT2D eigenvalue weighted by atomic mass is 15.3. The maximum atomic E-state index is 2.60. The molecule has 2 atom stereocenters. The molecule has 0 saturated carbocycles. The van der Waals surface area contributed by atoms with Gasteiger partial charge in [-0.15, -0.1) is 0 Å². The van der Waals surface area contributed by atoms with Gasteiger partial charge in [-0.2, -0.15) is 0 Å². The molecule has 2 unspecified atom stereocenters. The molecule has 0 aromatic heterocycles. The molecule has 0 spiro atoms. The Morgan fingerprint density at radius 2 is 2.10 bits per heavy atom. The van der Waals surface area contributed by atoms with Gasteiger partial charge in [-0.25, -0.2) is 0 Å². The molecule has 2 bridgehead atoms. The van der Waals surface area contributed by atoms with Crippen molar-refractivity contribution in [3.63, 3.8) is 0 Å². The predicted octanol–water partition coefficient (Wildman–Crippen LogP) is 0.395. The minimum absolute atomic E-state index is 0.880. The van der Waals surface area contributed by atoms with Crippen LogP contribution in [0.3, 0.4) is 0 Å². The third kappa shape index (κ3) is 0.789. The molecule has 0 radical (unpaired) electrons. The largest absolute Gasteiger partial charge is 0.301 e. The summed E-state index contributed by atoms with van der Waals surface area (Å²) in [5.41, 5.74) is 0. The van der Waals surface area contributed by atoms with Crippen molar-refractivity contribution in [3.8, 4) is 0 Å². The van der Waals surface area contributed by atoms with Crippen molar-refractivity contribution >= 4 is 0 Å². The van der Waals surface area contributed by atoms with E-state index in [1.807, 2.05) is 0 Å². The van der Waals surface area contributed by atoms with Crippen LogP contribution in [0.15, 0.2) is 0 Å². The normalized spacial score (nSPS) is 41.4. The number of likely N-dealkylation sites (N-methyl/N-ethyl adjacent to an activating group) is 2. The van der Waals surface area contributed by atoms with E-state index in [4.69, 9.17) is 0 Å². The summed E-state index contributed by atoms with van der Waals surface area (Å²) < 4.78 is 0. The summed E-state index contributed by atoms with van der Waals surface area (Å²) in [6.07, 6.45) is 1.42. The average Bonchev–Trinajstić information content (AvgIpc) is 2.44. The molecule has 0 aliphatic carbocycles. The van der Waals surface area contributed by atoms with Gasteiger partial charge in [0.2, 0.25) is 0 Å². The molecule has 58 valence electrons. The average molecular weight is 140 g/mol. The van der Waals surface area contributed by atoms with Crippen molar-refractivity contribution in [1.29, 1.82) is 0 Å². The number of piperazine rings is 1. The van der Waals surface area contributed by atoms with Crippen molar-refractivity contribution in [2.24, 2.45) is 0 Å². The van der Waals surface area contributed by atoms with Gasteiger partial charge in [0.15, 0.2) is 0 Å². The molecule has 0 N–H and O–H groups in total. The van der Waals surface area contributed by atoms with Crippen LogP contribution in [0.5, 0.6) is 0 Å². The molecule has 0 aromatic rings. The van der Waals surface area contributed by atoms with Gasteiger partial charge in [-0.1, -0.05) is 6.92 Å². The molecule has 0 amide bonds. The number of hydrogen-bond donors (Lipinski definition) is 0. The smallest absolute Gasteiger partial charge is 0.0239 e. The molecule has 2 heteroatoms. The van der Waals surface area contributed by atoms with Gasteiger partial charge in [0, 0.05) is 25.2 Å². The van der Waals surface area contributed by atoms with Crippen molar-refractivity contribution in [2.75, 3.05) is 26.7 Å². The van der Waals surface area contributed by atoms with Crippen LogP contribution in [0.4, 0.5) is 0 Å². The van der Waals surface area contributed by atoms with E-state index in [-0.39, 0.29) is 0 Å². The van der Waals surface area contributed by atoms with Crippen LogP contribution in [0.1, 0.15) is 13.3 Å². The molecule has 2 nitrogen and oxygen atoms in total. The van der Waals surface area contributed by atoms with Crippen LogP contribution >= 0.6 is 0 Å². The van der Waals surface area contributed by atoms with Crippen LogP contribution in [-0.2, 0) is 0 Å². The van der Waals surface area contributed by atoms with Crippen molar-refractivity contribution in [1.82, 2.24) is 9.80 Å². The van der Waals surface area contributed by atoms with E-state index in [0.29, 0.717) is 0 Å². The zero-order valence-corrected chi connectivity index (χ0v) is 6.88. The Morgan fingerprint density at radius 3 is 2.50 bits per heavy atom. The molecule has 2 aliphatic rings. The predicted molar refractivity (Wildman–Crippen MR) is 42.1 cm³/mol. The quantitative estimate of drug-likeness (QED) is 0.520. The molecular weight excluding hydrogens is 124 g/mol. The molecule has 10 heavy (non-hydrogen) atoms. The lowest BCUT2D eigenvalue weighted by Crippen LogP contribution is -2.44. The highest BCUT2D eigenvalue weighted by Crippen LogP contribution is 2.28. The Labute approximate surface area is 62.8 Å².